The Labute approximate surface area is 60.3 Å². The summed E-state index contributed by atoms with van der Waals surface area (Å²) in [4.78, 5) is 0. The van der Waals surface area contributed by atoms with Crippen LogP contribution in [0.1, 0.15) is 12.8 Å². The molecular formula is C6H13N3O. The first-order valence-electron chi connectivity index (χ1n) is 3.60. The van der Waals surface area contributed by atoms with Crippen LogP contribution in [0, 0.1) is 11.4 Å². The molecule has 1 aliphatic heterocycles. The maximum Gasteiger partial charge on any atom is 0.0460 e. The van der Waals surface area contributed by atoms with E-state index in [1.165, 1.54) is 0 Å². The highest BCUT2D eigenvalue weighted by molar-refractivity contribution is 4.67. The molecule has 1 aliphatic rings. The normalized spacial score (nSPS) is 21.1. The van der Waals surface area contributed by atoms with E-state index < -0.39 is 0 Å². The van der Waals surface area contributed by atoms with Crippen LogP contribution in [0.25, 0.3) is 0 Å². The van der Waals surface area contributed by atoms with Crippen LogP contribution in [0.3, 0.4) is 0 Å². The first kappa shape index (κ1) is 7.47. The van der Waals surface area contributed by atoms with Crippen LogP contribution in [-0.2, 0) is 0 Å². The van der Waals surface area contributed by atoms with Gasteiger partial charge in [0.05, 0.1) is 0 Å². The van der Waals surface area contributed by atoms with Crippen molar-refractivity contribution in [1.82, 2.24) is 5.01 Å². The summed E-state index contributed by atoms with van der Waals surface area (Å²) in [6.07, 6.45) is 1.94. The minimum Gasteiger partial charge on any atom is -0.396 e. The SMILES string of the molecule is N=NN1CCC(CO)CC1. The number of hydrogen-bond donors (Lipinski definition) is 2. The summed E-state index contributed by atoms with van der Waals surface area (Å²) >= 11 is 0. The zero-order valence-electron chi connectivity index (χ0n) is 5.95. The van der Waals surface area contributed by atoms with Crippen LogP contribution >= 0.6 is 0 Å². The van der Waals surface area contributed by atoms with E-state index in [-0.39, 0.29) is 6.61 Å². The molecule has 10 heavy (non-hydrogen) atoms. The topological polar surface area (TPSA) is 59.7 Å². The molecule has 0 bridgehead atoms. The number of rotatable bonds is 2. The van der Waals surface area contributed by atoms with E-state index in [0.717, 1.165) is 25.9 Å². The summed E-state index contributed by atoms with van der Waals surface area (Å²) in [6.45, 7) is 1.94. The first-order valence-corrected chi connectivity index (χ1v) is 3.60. The lowest BCUT2D eigenvalue weighted by molar-refractivity contribution is 0.126. The highest BCUT2D eigenvalue weighted by Crippen LogP contribution is 2.15. The van der Waals surface area contributed by atoms with Crippen LogP contribution in [0.15, 0.2) is 5.22 Å². The lowest BCUT2D eigenvalue weighted by atomic mass is 9.99. The Hall–Kier alpha value is -0.640. The van der Waals surface area contributed by atoms with Gasteiger partial charge in [0.25, 0.3) is 0 Å². The molecule has 0 unspecified atom stereocenters. The number of aliphatic hydroxyl groups is 1. The van der Waals surface area contributed by atoms with E-state index in [1.807, 2.05) is 0 Å². The van der Waals surface area contributed by atoms with Crippen molar-refractivity contribution < 1.29 is 5.11 Å². The van der Waals surface area contributed by atoms with Crippen molar-refractivity contribution in [2.24, 2.45) is 11.1 Å². The molecule has 2 N–H and O–H groups in total. The first-order chi connectivity index (χ1) is 4.86. The lowest BCUT2D eigenvalue weighted by Gasteiger charge is -2.27. The third kappa shape index (κ3) is 1.67. The quantitative estimate of drug-likeness (QED) is 0.557. The molecule has 0 aliphatic carbocycles. The Morgan fingerprint density at radius 3 is 2.50 bits per heavy atom. The zero-order valence-corrected chi connectivity index (χ0v) is 5.95. The molecule has 0 spiro atoms. The summed E-state index contributed by atoms with van der Waals surface area (Å²) in [7, 11) is 0. The van der Waals surface area contributed by atoms with Crippen molar-refractivity contribution >= 4 is 0 Å². The fraction of sp³-hybridized carbons (Fsp3) is 1.00. The fourth-order valence-corrected chi connectivity index (χ4v) is 1.20. The van der Waals surface area contributed by atoms with Gasteiger partial charge in [-0.2, -0.15) is 5.53 Å². The van der Waals surface area contributed by atoms with Gasteiger partial charge in [-0.05, 0) is 18.8 Å². The molecule has 4 heteroatoms. The van der Waals surface area contributed by atoms with E-state index in [1.54, 1.807) is 5.01 Å². The second-order valence-electron chi connectivity index (χ2n) is 2.68. The minimum absolute atomic E-state index is 0.284. The molecule has 4 nitrogen and oxygen atoms in total. The number of hydrogen-bond acceptors (Lipinski definition) is 3. The third-order valence-corrected chi connectivity index (χ3v) is 1.99. The minimum atomic E-state index is 0.284. The van der Waals surface area contributed by atoms with Crippen molar-refractivity contribution in [3.8, 4) is 0 Å². The van der Waals surface area contributed by atoms with E-state index in [0.29, 0.717) is 5.92 Å². The highest BCUT2D eigenvalue weighted by Gasteiger charge is 2.16. The summed E-state index contributed by atoms with van der Waals surface area (Å²) in [5.41, 5.74) is 6.71. The monoisotopic (exact) mass is 143 g/mol. The van der Waals surface area contributed by atoms with Crippen LogP contribution < -0.4 is 0 Å². The molecule has 0 aromatic carbocycles. The van der Waals surface area contributed by atoms with Crippen molar-refractivity contribution in [3.05, 3.63) is 0 Å². The Morgan fingerprint density at radius 1 is 1.50 bits per heavy atom. The molecule has 1 fully saturated rings. The molecule has 0 saturated carbocycles. The van der Waals surface area contributed by atoms with E-state index in [4.69, 9.17) is 10.6 Å². The molecule has 1 heterocycles. The largest absolute Gasteiger partial charge is 0.396 e. The van der Waals surface area contributed by atoms with Gasteiger partial charge >= 0.3 is 0 Å². The number of nitrogens with zero attached hydrogens (tertiary/aromatic N) is 2. The van der Waals surface area contributed by atoms with E-state index in [2.05, 4.69) is 5.22 Å². The molecular weight excluding hydrogens is 130 g/mol. The van der Waals surface area contributed by atoms with Crippen molar-refractivity contribution in [1.29, 1.82) is 5.53 Å². The summed E-state index contributed by atoms with van der Waals surface area (Å²) in [5, 5.41) is 13.8. The summed E-state index contributed by atoms with van der Waals surface area (Å²) in [5.74, 6) is 0.443. The maximum absolute atomic E-state index is 8.75. The second kappa shape index (κ2) is 3.51. The van der Waals surface area contributed by atoms with Gasteiger partial charge in [0.15, 0.2) is 0 Å². The Bertz CT molecular complexity index is 110. The zero-order chi connectivity index (χ0) is 7.40. The molecule has 0 radical (unpaired) electrons. The second-order valence-corrected chi connectivity index (χ2v) is 2.68. The van der Waals surface area contributed by atoms with Crippen LogP contribution in [0.4, 0.5) is 0 Å². The van der Waals surface area contributed by atoms with Gasteiger partial charge in [-0.1, -0.05) is 5.22 Å². The van der Waals surface area contributed by atoms with E-state index >= 15 is 0 Å². The third-order valence-electron chi connectivity index (χ3n) is 1.99. The number of piperidine rings is 1. The molecule has 1 saturated heterocycles. The lowest BCUT2D eigenvalue weighted by Crippen LogP contribution is -2.30. The summed E-state index contributed by atoms with van der Waals surface area (Å²) in [6, 6.07) is 0. The van der Waals surface area contributed by atoms with Crippen LogP contribution in [-0.4, -0.2) is 29.8 Å². The van der Waals surface area contributed by atoms with Crippen molar-refractivity contribution in [3.63, 3.8) is 0 Å². The smallest absolute Gasteiger partial charge is 0.0460 e. The van der Waals surface area contributed by atoms with Gasteiger partial charge in [-0.3, -0.25) is 5.01 Å². The molecule has 58 valence electrons. The Balaban J connectivity index is 2.23. The molecule has 0 atom stereocenters. The predicted octanol–water partition coefficient (Wildman–Crippen LogP) is 0.637. The van der Waals surface area contributed by atoms with Crippen LogP contribution in [0.2, 0.25) is 0 Å². The van der Waals surface area contributed by atoms with Gasteiger partial charge in [0, 0.05) is 19.7 Å². The standard InChI is InChI=1S/C6H13N3O/c7-8-9-3-1-6(5-10)2-4-9/h6-7,10H,1-5H2. The Morgan fingerprint density at radius 2 is 2.10 bits per heavy atom. The molecule has 1 rings (SSSR count). The van der Waals surface area contributed by atoms with Crippen molar-refractivity contribution in [2.75, 3.05) is 19.7 Å². The Kier molecular flexibility index (Phi) is 2.62. The highest BCUT2D eigenvalue weighted by atomic mass is 16.3. The summed E-state index contributed by atoms with van der Waals surface area (Å²) < 4.78 is 0. The van der Waals surface area contributed by atoms with E-state index in [9.17, 15) is 0 Å². The van der Waals surface area contributed by atoms with Crippen molar-refractivity contribution in [2.45, 2.75) is 12.8 Å². The maximum atomic E-state index is 8.75. The average Bonchev–Trinajstić information content (AvgIpc) is 2.05. The van der Waals surface area contributed by atoms with Gasteiger partial charge in [0.2, 0.25) is 0 Å². The molecule has 0 amide bonds. The van der Waals surface area contributed by atoms with Gasteiger partial charge in [-0.25, -0.2) is 0 Å². The fourth-order valence-electron chi connectivity index (χ4n) is 1.20. The number of aliphatic hydroxyl groups excluding tert-OH is 1. The molecule has 0 aromatic rings. The molecule has 0 aromatic heterocycles. The average molecular weight is 143 g/mol. The number of nitrogens with one attached hydrogen (secondary N) is 1. The van der Waals surface area contributed by atoms with Gasteiger partial charge < -0.3 is 5.11 Å². The van der Waals surface area contributed by atoms with Gasteiger partial charge in [0.1, 0.15) is 0 Å². The van der Waals surface area contributed by atoms with Gasteiger partial charge in [-0.15, -0.1) is 0 Å². The van der Waals surface area contributed by atoms with Crippen LogP contribution in [0.5, 0.6) is 0 Å². The predicted molar refractivity (Wildman–Crippen MR) is 36.5 cm³/mol.